The number of aromatic nitrogens is 3. The summed E-state index contributed by atoms with van der Waals surface area (Å²) in [7, 11) is 4.06. The molecular formula is C25H26N4O4. The summed E-state index contributed by atoms with van der Waals surface area (Å²) >= 11 is 0. The molecular weight excluding hydrogens is 420 g/mol. The largest absolute Gasteiger partial charge is 0.490 e. The summed E-state index contributed by atoms with van der Waals surface area (Å²) in [4.78, 5) is 35.0. The highest BCUT2D eigenvalue weighted by Gasteiger charge is 2.12. The van der Waals surface area contributed by atoms with Gasteiger partial charge in [-0.2, -0.15) is 0 Å². The first-order chi connectivity index (χ1) is 15.9. The maximum Gasteiger partial charge on any atom is 0.420 e. The second-order valence-electron chi connectivity index (χ2n) is 8.14. The highest BCUT2D eigenvalue weighted by Crippen LogP contribution is 2.21. The first-order valence-electron chi connectivity index (χ1n) is 10.7. The van der Waals surface area contributed by atoms with Crippen LogP contribution in [0.1, 0.15) is 29.3 Å². The Morgan fingerprint density at radius 2 is 1.91 bits per heavy atom. The lowest BCUT2D eigenvalue weighted by Crippen LogP contribution is -2.15. The molecule has 2 heterocycles. The van der Waals surface area contributed by atoms with E-state index in [1.165, 1.54) is 6.92 Å². The molecule has 0 atom stereocenters. The standard InChI is InChI=1S/C25H26N4O4/c1-17(30)19-8-9-22-23(13-19)33-25(31)29(22)16-18-6-4-7-20(12-18)24-26-14-21(15-27-24)32-11-5-10-28(2)3/h4,6-9,12-15H,5,10-11,16H2,1-3H3. The van der Waals surface area contributed by atoms with Gasteiger partial charge in [-0.3, -0.25) is 9.36 Å². The van der Waals surface area contributed by atoms with E-state index in [4.69, 9.17) is 9.15 Å². The SMILES string of the molecule is CC(=O)c1ccc2c(c1)oc(=O)n2Cc1cccc(-c2ncc(OCCCN(C)C)cn2)c1. The van der Waals surface area contributed by atoms with E-state index in [1.54, 1.807) is 35.2 Å². The van der Waals surface area contributed by atoms with Crippen molar-refractivity contribution < 1.29 is 13.9 Å². The Hall–Kier alpha value is -3.78. The number of fused-ring (bicyclic) bond motifs is 1. The highest BCUT2D eigenvalue weighted by atomic mass is 16.5. The molecule has 0 amide bonds. The zero-order chi connectivity index (χ0) is 23.4. The van der Waals surface area contributed by atoms with Gasteiger partial charge in [0.25, 0.3) is 0 Å². The minimum absolute atomic E-state index is 0.0787. The fourth-order valence-corrected chi connectivity index (χ4v) is 3.54. The van der Waals surface area contributed by atoms with Crippen molar-refractivity contribution >= 4 is 16.9 Å². The average Bonchev–Trinajstić information content (AvgIpc) is 3.11. The number of hydrogen-bond donors (Lipinski definition) is 0. The van der Waals surface area contributed by atoms with Crippen molar-refractivity contribution in [1.82, 2.24) is 19.4 Å². The van der Waals surface area contributed by atoms with Gasteiger partial charge in [0.2, 0.25) is 0 Å². The molecule has 0 spiro atoms. The van der Waals surface area contributed by atoms with Crippen LogP contribution in [-0.2, 0) is 6.54 Å². The van der Waals surface area contributed by atoms with Crippen LogP contribution in [0.25, 0.3) is 22.5 Å². The van der Waals surface area contributed by atoms with E-state index in [2.05, 4.69) is 14.9 Å². The second kappa shape index (κ2) is 9.79. The van der Waals surface area contributed by atoms with Gasteiger partial charge in [-0.25, -0.2) is 14.8 Å². The molecule has 4 rings (SSSR count). The smallest absolute Gasteiger partial charge is 0.420 e. The molecule has 33 heavy (non-hydrogen) atoms. The van der Waals surface area contributed by atoms with Gasteiger partial charge in [-0.1, -0.05) is 18.2 Å². The normalized spacial score (nSPS) is 11.3. The Bertz CT molecular complexity index is 1320. The molecule has 0 saturated heterocycles. The van der Waals surface area contributed by atoms with Crippen molar-refractivity contribution in [2.45, 2.75) is 19.9 Å². The van der Waals surface area contributed by atoms with E-state index in [-0.39, 0.29) is 5.78 Å². The molecule has 0 bridgehead atoms. The summed E-state index contributed by atoms with van der Waals surface area (Å²) in [6.07, 6.45) is 4.27. The van der Waals surface area contributed by atoms with Gasteiger partial charge in [0, 0.05) is 17.7 Å². The van der Waals surface area contributed by atoms with Crippen LogP contribution < -0.4 is 10.5 Å². The van der Waals surface area contributed by atoms with Crippen molar-refractivity contribution in [2.24, 2.45) is 0 Å². The Kier molecular flexibility index (Phi) is 6.65. The summed E-state index contributed by atoms with van der Waals surface area (Å²) in [6, 6.07) is 12.7. The number of ketones is 1. The highest BCUT2D eigenvalue weighted by molar-refractivity contribution is 5.96. The second-order valence-corrected chi connectivity index (χ2v) is 8.14. The van der Waals surface area contributed by atoms with Crippen LogP contribution in [0.15, 0.2) is 64.1 Å². The lowest BCUT2D eigenvalue weighted by atomic mass is 10.1. The van der Waals surface area contributed by atoms with Crippen molar-refractivity contribution in [1.29, 1.82) is 0 Å². The van der Waals surface area contributed by atoms with Crippen LogP contribution in [0.4, 0.5) is 0 Å². The lowest BCUT2D eigenvalue weighted by molar-refractivity contribution is 0.101. The third-order valence-corrected chi connectivity index (χ3v) is 5.25. The van der Waals surface area contributed by atoms with Crippen LogP contribution in [0, 0.1) is 0 Å². The average molecular weight is 447 g/mol. The van der Waals surface area contributed by atoms with Crippen LogP contribution in [0.5, 0.6) is 5.75 Å². The van der Waals surface area contributed by atoms with Crippen molar-refractivity contribution in [2.75, 3.05) is 27.2 Å². The predicted octanol–water partition coefficient (Wildman–Crippen LogP) is 3.63. The number of Topliss-reactive ketones (excluding diaryl/α,β-unsaturated/α-hetero) is 1. The van der Waals surface area contributed by atoms with Crippen molar-refractivity contribution in [3.63, 3.8) is 0 Å². The van der Waals surface area contributed by atoms with Crippen LogP contribution in [0.3, 0.4) is 0 Å². The Morgan fingerprint density at radius 3 is 2.64 bits per heavy atom. The molecule has 2 aromatic heterocycles. The van der Waals surface area contributed by atoms with Gasteiger partial charge in [0.1, 0.15) is 0 Å². The quantitative estimate of drug-likeness (QED) is 0.286. The maximum atomic E-state index is 12.4. The molecule has 8 nitrogen and oxygen atoms in total. The fraction of sp³-hybridized carbons (Fsp3) is 0.280. The van der Waals surface area contributed by atoms with Crippen LogP contribution in [-0.4, -0.2) is 52.5 Å². The lowest BCUT2D eigenvalue weighted by Gasteiger charge is -2.10. The number of hydrogen-bond acceptors (Lipinski definition) is 7. The zero-order valence-corrected chi connectivity index (χ0v) is 18.9. The first-order valence-corrected chi connectivity index (χ1v) is 10.7. The molecule has 170 valence electrons. The minimum atomic E-state index is -0.469. The van der Waals surface area contributed by atoms with E-state index in [0.29, 0.717) is 41.4 Å². The topological polar surface area (TPSA) is 90.5 Å². The fourth-order valence-electron chi connectivity index (χ4n) is 3.54. The molecule has 0 aliphatic heterocycles. The Morgan fingerprint density at radius 1 is 1.12 bits per heavy atom. The third kappa shape index (κ3) is 5.35. The molecule has 8 heteroatoms. The number of rotatable bonds is 9. The molecule has 0 aliphatic carbocycles. The third-order valence-electron chi connectivity index (χ3n) is 5.25. The van der Waals surface area contributed by atoms with Crippen LogP contribution in [0.2, 0.25) is 0 Å². The molecule has 0 N–H and O–H groups in total. The number of carbonyl (C=O) groups is 1. The van der Waals surface area contributed by atoms with Gasteiger partial charge < -0.3 is 14.1 Å². The maximum absolute atomic E-state index is 12.4. The number of ether oxygens (including phenoxy) is 1. The summed E-state index contributed by atoms with van der Waals surface area (Å²) < 4.78 is 12.6. The number of carbonyl (C=O) groups excluding carboxylic acids is 1. The van der Waals surface area contributed by atoms with Crippen molar-refractivity contribution in [3.05, 3.63) is 76.5 Å². The van der Waals surface area contributed by atoms with Gasteiger partial charge in [0.05, 0.1) is 31.1 Å². The summed E-state index contributed by atoms with van der Waals surface area (Å²) in [5.41, 5.74) is 3.29. The number of nitrogens with zero attached hydrogens (tertiary/aromatic N) is 4. The van der Waals surface area contributed by atoms with E-state index < -0.39 is 5.76 Å². The number of benzene rings is 2. The Balaban J connectivity index is 1.50. The van der Waals surface area contributed by atoms with E-state index >= 15 is 0 Å². The van der Waals surface area contributed by atoms with Gasteiger partial charge >= 0.3 is 5.76 Å². The summed E-state index contributed by atoms with van der Waals surface area (Å²) in [5, 5.41) is 0. The predicted molar refractivity (Wildman–Crippen MR) is 126 cm³/mol. The van der Waals surface area contributed by atoms with Gasteiger partial charge in [-0.05, 0) is 57.3 Å². The molecule has 2 aromatic carbocycles. The molecule has 4 aromatic rings. The van der Waals surface area contributed by atoms with E-state index in [1.807, 2.05) is 38.4 Å². The van der Waals surface area contributed by atoms with Crippen LogP contribution >= 0.6 is 0 Å². The van der Waals surface area contributed by atoms with Gasteiger partial charge in [-0.15, -0.1) is 0 Å². The minimum Gasteiger partial charge on any atom is -0.490 e. The molecule has 0 saturated carbocycles. The molecule has 0 fully saturated rings. The van der Waals surface area contributed by atoms with E-state index in [9.17, 15) is 9.59 Å². The monoisotopic (exact) mass is 446 g/mol. The summed E-state index contributed by atoms with van der Waals surface area (Å²) in [6.45, 7) is 3.37. The zero-order valence-electron chi connectivity index (χ0n) is 18.9. The molecule has 0 unspecified atom stereocenters. The summed E-state index contributed by atoms with van der Waals surface area (Å²) in [5.74, 6) is 0.663. The van der Waals surface area contributed by atoms with E-state index in [0.717, 1.165) is 24.1 Å². The van der Waals surface area contributed by atoms with Gasteiger partial charge in [0.15, 0.2) is 22.9 Å². The number of oxazole rings is 1. The molecule has 0 aliphatic rings. The Labute approximate surface area is 191 Å². The van der Waals surface area contributed by atoms with Crippen molar-refractivity contribution in [3.8, 4) is 17.1 Å². The molecule has 0 radical (unpaired) electrons. The first kappa shape index (κ1) is 22.4.